The molecule has 3 aliphatic rings. The van der Waals surface area contributed by atoms with Crippen LogP contribution in [0.25, 0.3) is 0 Å². The van der Waals surface area contributed by atoms with E-state index in [0.29, 0.717) is 26.1 Å². The lowest BCUT2D eigenvalue weighted by Crippen LogP contribution is -2.57. The number of hydrogen-bond donors (Lipinski definition) is 0. The fourth-order valence-corrected chi connectivity index (χ4v) is 7.43. The first-order chi connectivity index (χ1) is 21.1. The molecule has 6 atom stereocenters. The molecule has 3 aromatic rings. The van der Waals surface area contributed by atoms with Crippen LogP contribution in [0.3, 0.4) is 0 Å². The molecular formula is C36H45ClO6Si. The summed E-state index contributed by atoms with van der Waals surface area (Å²) < 4.78 is 38.1. The van der Waals surface area contributed by atoms with Gasteiger partial charge in [-0.05, 0) is 59.4 Å². The van der Waals surface area contributed by atoms with E-state index in [2.05, 4.69) is 58.1 Å². The maximum atomic E-state index is 7.09. The Morgan fingerprint density at radius 1 is 0.909 bits per heavy atom. The Morgan fingerprint density at radius 3 is 2.39 bits per heavy atom. The van der Waals surface area contributed by atoms with Crippen molar-refractivity contribution in [1.29, 1.82) is 0 Å². The molecule has 6 rings (SSSR count). The monoisotopic (exact) mass is 636 g/mol. The van der Waals surface area contributed by atoms with E-state index in [-0.39, 0.29) is 35.6 Å². The van der Waals surface area contributed by atoms with Crippen LogP contribution < -0.4 is 4.74 Å². The Balaban J connectivity index is 1.20. The average Bonchev–Trinajstić information content (AvgIpc) is 3.52. The van der Waals surface area contributed by atoms with E-state index >= 15 is 0 Å². The maximum Gasteiger partial charge on any atom is 0.192 e. The van der Waals surface area contributed by atoms with Gasteiger partial charge < -0.3 is 28.1 Å². The zero-order chi connectivity index (χ0) is 30.9. The Bertz CT molecular complexity index is 1390. The number of fused-ring (bicyclic) bond motifs is 1. The number of hydrogen-bond acceptors (Lipinski definition) is 6. The minimum atomic E-state index is -2.10. The zero-order valence-corrected chi connectivity index (χ0v) is 28.2. The van der Waals surface area contributed by atoms with Crippen LogP contribution in [0.2, 0.25) is 23.2 Å². The summed E-state index contributed by atoms with van der Waals surface area (Å²) in [6.45, 7) is 13.3. The molecule has 0 N–H and O–H groups in total. The number of halogens is 1. The van der Waals surface area contributed by atoms with Crippen molar-refractivity contribution in [1.82, 2.24) is 0 Å². The van der Waals surface area contributed by atoms with Gasteiger partial charge in [-0.1, -0.05) is 87.0 Å². The predicted molar refractivity (Wildman–Crippen MR) is 175 cm³/mol. The molecule has 0 aliphatic carbocycles. The van der Waals surface area contributed by atoms with Gasteiger partial charge in [0.05, 0.1) is 32.0 Å². The van der Waals surface area contributed by atoms with E-state index in [9.17, 15) is 0 Å². The van der Waals surface area contributed by atoms with Crippen molar-refractivity contribution in [3.8, 4) is 5.75 Å². The quantitative estimate of drug-likeness (QED) is 0.231. The molecule has 3 saturated heterocycles. The number of ether oxygens (including phenoxy) is 5. The number of benzene rings is 3. The molecule has 3 heterocycles. The molecule has 0 bridgehead atoms. The Kier molecular flexibility index (Phi) is 9.55. The number of rotatable bonds is 8. The molecule has 1 unspecified atom stereocenters. The van der Waals surface area contributed by atoms with Crippen LogP contribution in [0.15, 0.2) is 72.8 Å². The smallest absolute Gasteiger partial charge is 0.192 e. The summed E-state index contributed by atoms with van der Waals surface area (Å²) in [5.41, 5.74) is 4.34. The highest BCUT2D eigenvalue weighted by Crippen LogP contribution is 2.44. The van der Waals surface area contributed by atoms with Gasteiger partial charge in [0.25, 0.3) is 0 Å². The van der Waals surface area contributed by atoms with Crippen molar-refractivity contribution >= 4 is 19.9 Å². The molecule has 8 heteroatoms. The van der Waals surface area contributed by atoms with Gasteiger partial charge >= 0.3 is 0 Å². The van der Waals surface area contributed by atoms with Gasteiger partial charge in [-0.25, -0.2) is 0 Å². The average molecular weight is 637 g/mol. The van der Waals surface area contributed by atoms with Crippen molar-refractivity contribution in [3.05, 3.63) is 100 Å². The standard InChI is InChI=1S/C36H45ClO6Si/c1-36(2,3)44(4,5)43-32-21-31(41-33-23-39-35(42-34(32)33)25-9-7-6-8-10-25)26-13-16-30(37)27(20-26)19-24-11-14-28(15-12-24)40-29-17-18-38-22-29/h6-16,20,29,31-35H,17-19,21-23H2,1-5H3/t29-,31+,32+,33+,34-,35?/m0/s1. The molecule has 0 spiro atoms. The van der Waals surface area contributed by atoms with E-state index in [0.717, 1.165) is 40.5 Å². The lowest BCUT2D eigenvalue weighted by atomic mass is 9.92. The minimum Gasteiger partial charge on any atom is -0.488 e. The third-order valence-electron chi connectivity index (χ3n) is 9.48. The van der Waals surface area contributed by atoms with E-state index in [4.69, 9.17) is 39.7 Å². The Morgan fingerprint density at radius 2 is 1.68 bits per heavy atom. The maximum absolute atomic E-state index is 7.09. The molecule has 0 radical (unpaired) electrons. The van der Waals surface area contributed by atoms with Crippen LogP contribution in [0.4, 0.5) is 0 Å². The van der Waals surface area contributed by atoms with Gasteiger partial charge in [0.1, 0.15) is 24.1 Å². The molecule has 0 saturated carbocycles. The summed E-state index contributed by atoms with van der Waals surface area (Å²) in [4.78, 5) is 0. The van der Waals surface area contributed by atoms with Crippen molar-refractivity contribution in [2.45, 2.75) is 95.0 Å². The summed E-state index contributed by atoms with van der Waals surface area (Å²) in [7, 11) is -2.10. The highest BCUT2D eigenvalue weighted by molar-refractivity contribution is 6.74. The van der Waals surface area contributed by atoms with Gasteiger partial charge in [-0.2, -0.15) is 0 Å². The third kappa shape index (κ3) is 7.25. The van der Waals surface area contributed by atoms with Gasteiger partial charge in [0, 0.05) is 23.4 Å². The van der Waals surface area contributed by atoms with Crippen molar-refractivity contribution in [2.24, 2.45) is 0 Å². The lowest BCUT2D eigenvalue weighted by molar-refractivity contribution is -0.309. The lowest BCUT2D eigenvalue weighted by Gasteiger charge is -2.49. The van der Waals surface area contributed by atoms with Crippen LogP contribution in [-0.4, -0.2) is 52.6 Å². The Hall–Kier alpha value is -2.23. The molecule has 236 valence electrons. The first-order valence-electron chi connectivity index (χ1n) is 15.8. The van der Waals surface area contributed by atoms with Crippen LogP contribution >= 0.6 is 11.6 Å². The fourth-order valence-electron chi connectivity index (χ4n) is 5.91. The Labute approximate surface area is 268 Å². The predicted octanol–water partition coefficient (Wildman–Crippen LogP) is 8.43. The molecule has 3 aromatic carbocycles. The van der Waals surface area contributed by atoms with Crippen molar-refractivity contribution in [3.63, 3.8) is 0 Å². The van der Waals surface area contributed by atoms with Crippen LogP contribution in [0, 0.1) is 0 Å². The van der Waals surface area contributed by atoms with Crippen LogP contribution in [-0.2, 0) is 29.8 Å². The molecular weight excluding hydrogens is 592 g/mol. The molecule has 3 fully saturated rings. The molecule has 0 amide bonds. The summed E-state index contributed by atoms with van der Waals surface area (Å²) in [6.07, 6.45) is 1.31. The van der Waals surface area contributed by atoms with Gasteiger partial charge in [-0.3, -0.25) is 0 Å². The minimum absolute atomic E-state index is 0.0687. The second kappa shape index (κ2) is 13.2. The summed E-state index contributed by atoms with van der Waals surface area (Å²) in [5, 5.41) is 0.814. The van der Waals surface area contributed by atoms with E-state index < -0.39 is 14.6 Å². The first kappa shape index (κ1) is 31.7. The van der Waals surface area contributed by atoms with Crippen LogP contribution in [0.1, 0.15) is 68.3 Å². The van der Waals surface area contributed by atoms with E-state index in [1.165, 1.54) is 5.56 Å². The van der Waals surface area contributed by atoms with E-state index in [1.54, 1.807) is 0 Å². The van der Waals surface area contributed by atoms with Crippen molar-refractivity contribution < 1.29 is 28.1 Å². The molecule has 3 aliphatic heterocycles. The van der Waals surface area contributed by atoms with Crippen molar-refractivity contribution in [2.75, 3.05) is 19.8 Å². The molecule has 0 aromatic heterocycles. The van der Waals surface area contributed by atoms with Crippen LogP contribution in [0.5, 0.6) is 5.75 Å². The van der Waals surface area contributed by atoms with Gasteiger partial charge in [0.15, 0.2) is 14.6 Å². The molecule has 6 nitrogen and oxygen atoms in total. The second-order valence-corrected chi connectivity index (χ2v) is 18.9. The summed E-state index contributed by atoms with van der Waals surface area (Å²) in [6, 6.07) is 24.7. The van der Waals surface area contributed by atoms with E-state index in [1.807, 2.05) is 48.5 Å². The third-order valence-corrected chi connectivity index (χ3v) is 14.4. The molecule has 44 heavy (non-hydrogen) atoms. The second-order valence-electron chi connectivity index (χ2n) is 13.8. The largest absolute Gasteiger partial charge is 0.488 e. The summed E-state index contributed by atoms with van der Waals surface area (Å²) >= 11 is 6.74. The fraction of sp³-hybridized carbons (Fsp3) is 0.500. The normalized spacial score (nSPS) is 27.6. The van der Waals surface area contributed by atoms with Gasteiger partial charge in [-0.15, -0.1) is 0 Å². The topological polar surface area (TPSA) is 55.4 Å². The first-order valence-corrected chi connectivity index (χ1v) is 19.1. The zero-order valence-electron chi connectivity index (χ0n) is 26.5. The highest BCUT2D eigenvalue weighted by Gasteiger charge is 2.49. The summed E-state index contributed by atoms with van der Waals surface area (Å²) in [5.74, 6) is 0.869. The van der Waals surface area contributed by atoms with Gasteiger partial charge in [0.2, 0.25) is 0 Å². The SMILES string of the molecule is CC(C)(C)[Si](C)(C)O[C@@H]1C[C@H](c2ccc(Cl)c(Cc3ccc(O[C@H]4CCOC4)cc3)c2)O[C@@H]2COC(c3ccccc3)O[C@H]21. The highest BCUT2D eigenvalue weighted by atomic mass is 35.5.